The third kappa shape index (κ3) is 1.55. The highest BCUT2D eigenvalue weighted by molar-refractivity contribution is 5.84. The van der Waals surface area contributed by atoms with E-state index in [2.05, 4.69) is 6.07 Å². The van der Waals surface area contributed by atoms with Crippen LogP contribution >= 0.6 is 0 Å². The SMILES string of the molecule is COc1ccc2c(c1)C[C@H]1OC[C@H]3C(=O)CC[C@]2(C#N)[C@@H]13. The second kappa shape index (κ2) is 4.32. The smallest absolute Gasteiger partial charge is 0.138 e. The van der Waals surface area contributed by atoms with E-state index in [1.165, 1.54) is 0 Å². The second-order valence-electron chi connectivity index (χ2n) is 6.28. The Morgan fingerprint density at radius 2 is 2.33 bits per heavy atom. The van der Waals surface area contributed by atoms with Crippen LogP contribution in [0.1, 0.15) is 24.0 Å². The van der Waals surface area contributed by atoms with Crippen molar-refractivity contribution in [3.63, 3.8) is 0 Å². The first-order valence-corrected chi connectivity index (χ1v) is 7.42. The first kappa shape index (κ1) is 12.8. The largest absolute Gasteiger partial charge is 0.497 e. The standard InChI is InChI=1S/C17H17NO3/c1-20-11-2-3-13-10(6-11)7-15-16-12(8-21-15)14(19)4-5-17(13,16)9-18/h2-3,6,12,15-16H,4-5,7-8H2,1H3/t12-,15+,16+,17+/m0/s1. The molecule has 2 fully saturated rings. The van der Waals surface area contributed by atoms with Gasteiger partial charge in [-0.05, 0) is 36.1 Å². The molecule has 0 radical (unpaired) electrons. The fourth-order valence-corrected chi connectivity index (χ4v) is 4.53. The van der Waals surface area contributed by atoms with Crippen molar-refractivity contribution in [1.29, 1.82) is 5.26 Å². The lowest BCUT2D eigenvalue weighted by Gasteiger charge is -2.45. The van der Waals surface area contributed by atoms with Crippen LogP contribution in [-0.4, -0.2) is 25.6 Å². The predicted octanol–water partition coefficient (Wildman–Crippen LogP) is 2.01. The summed E-state index contributed by atoms with van der Waals surface area (Å²) in [7, 11) is 1.65. The maximum Gasteiger partial charge on any atom is 0.138 e. The minimum atomic E-state index is -0.570. The van der Waals surface area contributed by atoms with Crippen LogP contribution in [0.5, 0.6) is 5.75 Å². The molecule has 0 bridgehead atoms. The number of carbonyl (C=O) groups excluding carboxylic acids is 1. The molecule has 4 heteroatoms. The van der Waals surface area contributed by atoms with Crippen LogP contribution < -0.4 is 4.74 Å². The van der Waals surface area contributed by atoms with Gasteiger partial charge in [-0.25, -0.2) is 0 Å². The Labute approximate surface area is 123 Å². The van der Waals surface area contributed by atoms with Gasteiger partial charge in [-0.15, -0.1) is 0 Å². The van der Waals surface area contributed by atoms with Crippen LogP contribution in [0, 0.1) is 23.2 Å². The number of nitrogens with zero attached hydrogens (tertiary/aromatic N) is 1. The first-order chi connectivity index (χ1) is 10.2. The monoisotopic (exact) mass is 283 g/mol. The molecule has 0 N–H and O–H groups in total. The fraction of sp³-hybridized carbons (Fsp3) is 0.529. The highest BCUT2D eigenvalue weighted by Crippen LogP contribution is 2.54. The summed E-state index contributed by atoms with van der Waals surface area (Å²) in [6.07, 6.45) is 1.85. The molecule has 1 heterocycles. The Morgan fingerprint density at radius 1 is 1.48 bits per heavy atom. The normalized spacial score (nSPS) is 36.6. The van der Waals surface area contributed by atoms with Crippen LogP contribution in [0.25, 0.3) is 0 Å². The van der Waals surface area contributed by atoms with E-state index in [-0.39, 0.29) is 23.7 Å². The van der Waals surface area contributed by atoms with Gasteiger partial charge in [0.2, 0.25) is 0 Å². The number of nitriles is 1. The van der Waals surface area contributed by atoms with Crippen molar-refractivity contribution in [2.75, 3.05) is 13.7 Å². The molecule has 0 unspecified atom stereocenters. The Hall–Kier alpha value is -1.86. The average molecular weight is 283 g/mol. The summed E-state index contributed by atoms with van der Waals surface area (Å²) in [5, 5.41) is 9.95. The molecule has 0 aromatic heterocycles. The van der Waals surface area contributed by atoms with Gasteiger partial charge in [-0.1, -0.05) is 6.07 Å². The van der Waals surface area contributed by atoms with Crippen molar-refractivity contribution in [2.45, 2.75) is 30.8 Å². The Balaban J connectivity index is 1.91. The topological polar surface area (TPSA) is 59.3 Å². The van der Waals surface area contributed by atoms with Crippen LogP contribution in [-0.2, 0) is 21.4 Å². The van der Waals surface area contributed by atoms with Gasteiger partial charge < -0.3 is 9.47 Å². The molecule has 1 aliphatic heterocycles. The summed E-state index contributed by atoms with van der Waals surface area (Å²) in [5.41, 5.74) is 1.64. The molecule has 21 heavy (non-hydrogen) atoms. The zero-order chi connectivity index (χ0) is 14.6. The van der Waals surface area contributed by atoms with Gasteiger partial charge in [0.25, 0.3) is 0 Å². The molecule has 108 valence electrons. The van der Waals surface area contributed by atoms with Crippen molar-refractivity contribution in [1.82, 2.24) is 0 Å². The van der Waals surface area contributed by atoms with E-state index in [9.17, 15) is 10.1 Å². The van der Waals surface area contributed by atoms with Gasteiger partial charge in [0.15, 0.2) is 0 Å². The lowest BCUT2D eigenvalue weighted by atomic mass is 9.54. The molecular formula is C17H17NO3. The van der Waals surface area contributed by atoms with Gasteiger partial charge >= 0.3 is 0 Å². The first-order valence-electron chi connectivity index (χ1n) is 7.42. The van der Waals surface area contributed by atoms with E-state index >= 15 is 0 Å². The lowest BCUT2D eigenvalue weighted by Crippen LogP contribution is -2.51. The third-order valence-corrected chi connectivity index (χ3v) is 5.49. The van der Waals surface area contributed by atoms with Crippen LogP contribution in [0.3, 0.4) is 0 Å². The number of hydrogen-bond donors (Lipinski definition) is 0. The maximum atomic E-state index is 12.2. The molecule has 1 saturated carbocycles. The minimum absolute atomic E-state index is 0.0153. The summed E-state index contributed by atoms with van der Waals surface area (Å²) in [4.78, 5) is 12.2. The van der Waals surface area contributed by atoms with Crippen LogP contribution in [0.4, 0.5) is 0 Å². The Bertz CT molecular complexity index is 662. The van der Waals surface area contributed by atoms with E-state index in [1.54, 1.807) is 7.11 Å². The van der Waals surface area contributed by atoms with Crippen molar-refractivity contribution in [3.8, 4) is 11.8 Å². The number of fused-ring (bicyclic) bond motifs is 2. The van der Waals surface area contributed by atoms with Crippen molar-refractivity contribution < 1.29 is 14.3 Å². The van der Waals surface area contributed by atoms with Crippen molar-refractivity contribution in [3.05, 3.63) is 29.3 Å². The Morgan fingerprint density at radius 3 is 3.10 bits per heavy atom. The van der Waals surface area contributed by atoms with E-state index in [0.717, 1.165) is 23.3 Å². The number of carbonyl (C=O) groups is 1. The molecule has 4 nitrogen and oxygen atoms in total. The van der Waals surface area contributed by atoms with E-state index in [0.29, 0.717) is 19.4 Å². The maximum absolute atomic E-state index is 12.2. The molecule has 2 aliphatic carbocycles. The van der Waals surface area contributed by atoms with E-state index in [1.807, 2.05) is 18.2 Å². The number of rotatable bonds is 1. The van der Waals surface area contributed by atoms with Gasteiger partial charge in [0.1, 0.15) is 11.5 Å². The highest BCUT2D eigenvalue weighted by Gasteiger charge is 2.59. The molecule has 1 saturated heterocycles. The molecule has 3 aliphatic rings. The number of ether oxygens (including phenoxy) is 2. The van der Waals surface area contributed by atoms with Crippen LogP contribution in [0.2, 0.25) is 0 Å². The zero-order valence-electron chi connectivity index (χ0n) is 12.0. The fourth-order valence-electron chi connectivity index (χ4n) is 4.53. The van der Waals surface area contributed by atoms with Gasteiger partial charge in [-0.3, -0.25) is 4.79 Å². The van der Waals surface area contributed by atoms with Gasteiger partial charge in [-0.2, -0.15) is 5.26 Å². The quantitative estimate of drug-likeness (QED) is 0.791. The molecule has 1 aromatic carbocycles. The van der Waals surface area contributed by atoms with Gasteiger partial charge in [0, 0.05) is 18.3 Å². The van der Waals surface area contributed by atoms with Crippen molar-refractivity contribution >= 4 is 5.78 Å². The molecular weight excluding hydrogens is 266 g/mol. The number of hydrogen-bond acceptors (Lipinski definition) is 4. The summed E-state index contributed by atoms with van der Waals surface area (Å²) in [6, 6.07) is 8.50. The summed E-state index contributed by atoms with van der Waals surface area (Å²) in [5.74, 6) is 0.996. The third-order valence-electron chi connectivity index (χ3n) is 5.49. The average Bonchev–Trinajstić information content (AvgIpc) is 2.95. The summed E-state index contributed by atoms with van der Waals surface area (Å²) in [6.45, 7) is 0.475. The Kier molecular flexibility index (Phi) is 2.64. The molecule has 4 rings (SSSR count). The number of ketones is 1. The predicted molar refractivity (Wildman–Crippen MR) is 75.0 cm³/mol. The van der Waals surface area contributed by atoms with Gasteiger partial charge in [0.05, 0.1) is 31.3 Å². The highest BCUT2D eigenvalue weighted by atomic mass is 16.5. The van der Waals surface area contributed by atoms with E-state index in [4.69, 9.17) is 9.47 Å². The summed E-state index contributed by atoms with van der Waals surface area (Å²) < 4.78 is 11.2. The minimum Gasteiger partial charge on any atom is -0.497 e. The van der Waals surface area contributed by atoms with E-state index < -0.39 is 5.41 Å². The number of Topliss-reactive ketones (excluding diaryl/α,β-unsaturated/α-hetero) is 1. The summed E-state index contributed by atoms with van der Waals surface area (Å²) >= 11 is 0. The number of benzene rings is 1. The molecule has 4 atom stereocenters. The van der Waals surface area contributed by atoms with Crippen molar-refractivity contribution in [2.24, 2.45) is 11.8 Å². The second-order valence-corrected chi connectivity index (χ2v) is 6.28. The molecule has 0 spiro atoms. The lowest BCUT2D eigenvalue weighted by molar-refractivity contribution is -0.127. The number of methoxy groups -OCH3 is 1. The molecule has 0 amide bonds. The molecule has 1 aromatic rings. The zero-order valence-corrected chi connectivity index (χ0v) is 12.0. The van der Waals surface area contributed by atoms with Crippen LogP contribution in [0.15, 0.2) is 18.2 Å².